The van der Waals surface area contributed by atoms with E-state index in [9.17, 15) is 0 Å². The highest BCUT2D eigenvalue weighted by Crippen LogP contribution is 2.19. The Kier molecular flexibility index (Phi) is 6.86. The Morgan fingerprint density at radius 1 is 1.06 bits per heavy atom. The largest absolute Gasteiger partial charge is 0.370 e. The molecule has 0 unspecified atom stereocenters. The molecule has 0 saturated heterocycles. The molecule has 5 heteroatoms. The Hall–Kier alpha value is -0.970. The summed E-state index contributed by atoms with van der Waals surface area (Å²) < 4.78 is 0. The average molecular weight is 268 g/mol. The summed E-state index contributed by atoms with van der Waals surface area (Å²) in [6, 6.07) is 0. The molecule has 0 aliphatic carbocycles. The zero-order valence-electron chi connectivity index (χ0n) is 11.8. The van der Waals surface area contributed by atoms with Gasteiger partial charge in [0.1, 0.15) is 17.5 Å². The van der Waals surface area contributed by atoms with E-state index in [1.54, 1.807) is 0 Å². The molecule has 0 bridgehead atoms. The van der Waals surface area contributed by atoms with Gasteiger partial charge in [-0.1, -0.05) is 0 Å². The third-order valence-electron chi connectivity index (χ3n) is 2.67. The van der Waals surface area contributed by atoms with Gasteiger partial charge in [0.2, 0.25) is 0 Å². The second-order valence-electron chi connectivity index (χ2n) is 4.25. The Labute approximate surface area is 114 Å². The SMILES string of the molecule is CCNc1nc(C)nc(NCCCCSC)c1C. The molecule has 4 nitrogen and oxygen atoms in total. The summed E-state index contributed by atoms with van der Waals surface area (Å²) in [5.74, 6) is 3.94. The first kappa shape index (κ1) is 15.1. The van der Waals surface area contributed by atoms with E-state index in [1.807, 2.05) is 18.7 Å². The van der Waals surface area contributed by atoms with Crippen LogP contribution in [0.1, 0.15) is 31.2 Å². The molecule has 1 aromatic rings. The molecule has 0 aliphatic rings. The first-order chi connectivity index (χ1) is 8.69. The second-order valence-corrected chi connectivity index (χ2v) is 5.24. The maximum Gasteiger partial charge on any atom is 0.134 e. The van der Waals surface area contributed by atoms with Gasteiger partial charge in [-0.25, -0.2) is 9.97 Å². The van der Waals surface area contributed by atoms with Crippen LogP contribution in [0.2, 0.25) is 0 Å². The minimum Gasteiger partial charge on any atom is -0.370 e. The fourth-order valence-electron chi connectivity index (χ4n) is 1.72. The van der Waals surface area contributed by atoms with Crippen LogP contribution in [-0.4, -0.2) is 35.1 Å². The molecule has 0 aliphatic heterocycles. The number of thioether (sulfide) groups is 1. The van der Waals surface area contributed by atoms with E-state index in [1.165, 1.54) is 18.6 Å². The predicted molar refractivity (Wildman–Crippen MR) is 81.8 cm³/mol. The van der Waals surface area contributed by atoms with Crippen molar-refractivity contribution in [3.63, 3.8) is 0 Å². The van der Waals surface area contributed by atoms with Crippen LogP contribution in [0.5, 0.6) is 0 Å². The Morgan fingerprint density at radius 2 is 1.72 bits per heavy atom. The van der Waals surface area contributed by atoms with Gasteiger partial charge >= 0.3 is 0 Å². The van der Waals surface area contributed by atoms with E-state index in [0.717, 1.165) is 36.1 Å². The Bertz CT molecular complexity index is 368. The van der Waals surface area contributed by atoms with Crippen molar-refractivity contribution in [2.75, 3.05) is 35.7 Å². The molecule has 0 amide bonds. The lowest BCUT2D eigenvalue weighted by Gasteiger charge is -2.13. The molecule has 1 heterocycles. The summed E-state index contributed by atoms with van der Waals surface area (Å²) in [6.45, 7) is 7.92. The van der Waals surface area contributed by atoms with Gasteiger partial charge in [0.05, 0.1) is 0 Å². The van der Waals surface area contributed by atoms with Crippen LogP contribution in [0.4, 0.5) is 11.6 Å². The van der Waals surface area contributed by atoms with E-state index in [0.29, 0.717) is 0 Å². The van der Waals surface area contributed by atoms with Gasteiger partial charge in [-0.05, 0) is 45.6 Å². The third-order valence-corrected chi connectivity index (χ3v) is 3.37. The summed E-state index contributed by atoms with van der Waals surface area (Å²) in [6.07, 6.45) is 4.57. The first-order valence-corrected chi connectivity index (χ1v) is 7.90. The highest BCUT2D eigenvalue weighted by atomic mass is 32.2. The summed E-state index contributed by atoms with van der Waals surface area (Å²) >= 11 is 1.90. The Balaban J connectivity index is 2.58. The van der Waals surface area contributed by atoms with Crippen LogP contribution < -0.4 is 10.6 Å². The normalized spacial score (nSPS) is 10.4. The molecule has 1 aromatic heterocycles. The number of unbranched alkanes of at least 4 members (excludes halogenated alkanes) is 1. The minimum atomic E-state index is 0.808. The monoisotopic (exact) mass is 268 g/mol. The van der Waals surface area contributed by atoms with Crippen molar-refractivity contribution in [3.8, 4) is 0 Å². The average Bonchev–Trinajstić information content (AvgIpc) is 2.34. The molecule has 0 fully saturated rings. The lowest BCUT2D eigenvalue weighted by molar-refractivity contribution is 0.836. The molecule has 0 saturated carbocycles. The number of nitrogens with zero attached hydrogens (tertiary/aromatic N) is 2. The zero-order chi connectivity index (χ0) is 13.4. The summed E-state index contributed by atoms with van der Waals surface area (Å²) in [4.78, 5) is 8.88. The Morgan fingerprint density at radius 3 is 2.33 bits per heavy atom. The number of anilines is 2. The van der Waals surface area contributed by atoms with Gasteiger partial charge in [0.25, 0.3) is 0 Å². The highest BCUT2D eigenvalue weighted by molar-refractivity contribution is 7.98. The smallest absolute Gasteiger partial charge is 0.134 e. The molecule has 18 heavy (non-hydrogen) atoms. The van der Waals surface area contributed by atoms with Gasteiger partial charge in [0, 0.05) is 18.7 Å². The van der Waals surface area contributed by atoms with Crippen LogP contribution in [0.25, 0.3) is 0 Å². The topological polar surface area (TPSA) is 49.8 Å². The van der Waals surface area contributed by atoms with Gasteiger partial charge in [0.15, 0.2) is 0 Å². The van der Waals surface area contributed by atoms with Crippen LogP contribution >= 0.6 is 11.8 Å². The lowest BCUT2D eigenvalue weighted by atomic mass is 10.2. The number of aryl methyl sites for hydroxylation is 1. The van der Waals surface area contributed by atoms with Crippen molar-refractivity contribution < 1.29 is 0 Å². The van der Waals surface area contributed by atoms with Crippen molar-refractivity contribution in [2.24, 2.45) is 0 Å². The molecule has 0 aromatic carbocycles. The molecular formula is C13H24N4S. The number of nitrogens with one attached hydrogen (secondary N) is 2. The van der Waals surface area contributed by atoms with E-state index >= 15 is 0 Å². The standard InChI is InChI=1S/C13H24N4S/c1-5-14-12-10(2)13(17-11(3)16-12)15-8-6-7-9-18-4/h5-9H2,1-4H3,(H2,14,15,16,17). The van der Waals surface area contributed by atoms with Gasteiger partial charge < -0.3 is 10.6 Å². The third kappa shape index (κ3) is 4.72. The van der Waals surface area contributed by atoms with Crippen LogP contribution in [0.3, 0.4) is 0 Å². The molecule has 0 radical (unpaired) electrons. The molecular weight excluding hydrogens is 244 g/mol. The van der Waals surface area contributed by atoms with E-state index < -0.39 is 0 Å². The molecule has 1 rings (SSSR count). The van der Waals surface area contributed by atoms with Crippen LogP contribution in [0, 0.1) is 13.8 Å². The lowest BCUT2D eigenvalue weighted by Crippen LogP contribution is -2.10. The predicted octanol–water partition coefficient (Wildman–Crippen LogP) is 3.08. The van der Waals surface area contributed by atoms with Crippen molar-refractivity contribution in [3.05, 3.63) is 11.4 Å². The second kappa shape index (κ2) is 8.19. The minimum absolute atomic E-state index is 0.808. The maximum absolute atomic E-state index is 4.47. The van der Waals surface area contributed by atoms with E-state index in [2.05, 4.69) is 40.7 Å². The fraction of sp³-hybridized carbons (Fsp3) is 0.692. The van der Waals surface area contributed by atoms with Crippen molar-refractivity contribution in [1.29, 1.82) is 0 Å². The highest BCUT2D eigenvalue weighted by Gasteiger charge is 2.07. The number of hydrogen-bond donors (Lipinski definition) is 2. The van der Waals surface area contributed by atoms with Gasteiger partial charge in [-0.3, -0.25) is 0 Å². The number of aromatic nitrogens is 2. The maximum atomic E-state index is 4.47. The fourth-order valence-corrected chi connectivity index (χ4v) is 2.21. The van der Waals surface area contributed by atoms with Crippen molar-refractivity contribution in [1.82, 2.24) is 9.97 Å². The van der Waals surface area contributed by atoms with Crippen molar-refractivity contribution in [2.45, 2.75) is 33.6 Å². The van der Waals surface area contributed by atoms with Crippen molar-refractivity contribution >= 4 is 23.4 Å². The van der Waals surface area contributed by atoms with Crippen LogP contribution in [0.15, 0.2) is 0 Å². The first-order valence-electron chi connectivity index (χ1n) is 6.51. The van der Waals surface area contributed by atoms with E-state index in [-0.39, 0.29) is 0 Å². The van der Waals surface area contributed by atoms with Crippen LogP contribution in [-0.2, 0) is 0 Å². The summed E-state index contributed by atoms with van der Waals surface area (Å²) in [7, 11) is 0. The number of hydrogen-bond acceptors (Lipinski definition) is 5. The van der Waals surface area contributed by atoms with Gasteiger partial charge in [-0.2, -0.15) is 11.8 Å². The molecule has 0 atom stereocenters. The quantitative estimate of drug-likeness (QED) is 0.710. The van der Waals surface area contributed by atoms with E-state index in [4.69, 9.17) is 0 Å². The molecule has 102 valence electrons. The summed E-state index contributed by atoms with van der Waals surface area (Å²) in [5.41, 5.74) is 1.10. The van der Waals surface area contributed by atoms with Gasteiger partial charge in [-0.15, -0.1) is 0 Å². The molecule has 0 spiro atoms. The summed E-state index contributed by atoms with van der Waals surface area (Å²) in [5, 5.41) is 6.68. The zero-order valence-corrected chi connectivity index (χ0v) is 12.7. The number of rotatable bonds is 8. The molecule has 2 N–H and O–H groups in total.